The van der Waals surface area contributed by atoms with Gasteiger partial charge in [0, 0.05) is 13.2 Å². The van der Waals surface area contributed by atoms with Gasteiger partial charge in [0.2, 0.25) is 0 Å². The minimum Gasteiger partial charge on any atom is -0.383 e. The number of methoxy groups -OCH3 is 1. The highest BCUT2D eigenvalue weighted by molar-refractivity contribution is 7.91. The monoisotopic (exact) mass is 207 g/mol. The van der Waals surface area contributed by atoms with E-state index in [9.17, 15) is 8.42 Å². The van der Waals surface area contributed by atoms with Crippen molar-refractivity contribution in [3.05, 3.63) is 0 Å². The topological polar surface area (TPSA) is 69.4 Å². The van der Waals surface area contributed by atoms with Gasteiger partial charge in [-0.1, -0.05) is 0 Å². The molecule has 1 fully saturated rings. The normalized spacial score (nSPS) is 25.7. The number of nitrogens with two attached hydrogens (primary N) is 1. The van der Waals surface area contributed by atoms with E-state index in [4.69, 9.17) is 10.5 Å². The lowest BCUT2D eigenvalue weighted by Crippen LogP contribution is -2.39. The summed E-state index contributed by atoms with van der Waals surface area (Å²) in [4.78, 5) is 0. The number of sulfone groups is 1. The van der Waals surface area contributed by atoms with Gasteiger partial charge in [0.1, 0.15) is 9.84 Å². The fourth-order valence-corrected chi connectivity index (χ4v) is 3.19. The van der Waals surface area contributed by atoms with Crippen LogP contribution in [0.1, 0.15) is 12.8 Å². The third-order valence-corrected chi connectivity index (χ3v) is 4.28. The molecule has 0 aromatic carbocycles. The van der Waals surface area contributed by atoms with Crippen LogP contribution < -0.4 is 5.73 Å². The molecule has 0 saturated carbocycles. The van der Waals surface area contributed by atoms with Gasteiger partial charge in [0.15, 0.2) is 0 Å². The van der Waals surface area contributed by atoms with Crippen LogP contribution in [0.5, 0.6) is 0 Å². The lowest BCUT2D eigenvalue weighted by molar-refractivity contribution is 0.153. The molecule has 78 valence electrons. The summed E-state index contributed by atoms with van der Waals surface area (Å²) in [5.41, 5.74) is 5.83. The molecule has 1 unspecified atom stereocenters. The van der Waals surface area contributed by atoms with Gasteiger partial charge in [-0.05, 0) is 18.8 Å². The van der Waals surface area contributed by atoms with E-state index in [1.807, 2.05) is 0 Å². The molecule has 4 nitrogen and oxygen atoms in total. The second kappa shape index (κ2) is 4.39. The standard InChI is InChI=1S/C8H17NO3S/c1-12-6-8(9)7-2-4-13(10,11)5-3-7/h7-8H,2-6,9H2,1H3. The summed E-state index contributed by atoms with van der Waals surface area (Å²) in [5, 5.41) is 0. The van der Waals surface area contributed by atoms with Crippen LogP contribution in [0.25, 0.3) is 0 Å². The van der Waals surface area contributed by atoms with Gasteiger partial charge >= 0.3 is 0 Å². The number of rotatable bonds is 3. The quantitative estimate of drug-likeness (QED) is 0.695. The molecule has 1 saturated heterocycles. The first-order valence-electron chi connectivity index (χ1n) is 4.50. The summed E-state index contributed by atoms with van der Waals surface area (Å²) in [6.07, 6.45) is 1.37. The molecular formula is C8H17NO3S. The van der Waals surface area contributed by atoms with E-state index in [2.05, 4.69) is 0 Å². The van der Waals surface area contributed by atoms with Gasteiger partial charge in [-0.3, -0.25) is 0 Å². The van der Waals surface area contributed by atoms with E-state index < -0.39 is 9.84 Å². The molecule has 5 heteroatoms. The zero-order chi connectivity index (χ0) is 9.90. The average molecular weight is 207 g/mol. The fraction of sp³-hybridized carbons (Fsp3) is 1.00. The molecule has 0 radical (unpaired) electrons. The molecular weight excluding hydrogens is 190 g/mol. The molecule has 1 aliphatic rings. The van der Waals surface area contributed by atoms with Crippen molar-refractivity contribution in [1.82, 2.24) is 0 Å². The van der Waals surface area contributed by atoms with Crippen LogP contribution in [-0.2, 0) is 14.6 Å². The van der Waals surface area contributed by atoms with Crippen molar-refractivity contribution in [2.75, 3.05) is 25.2 Å². The molecule has 2 N–H and O–H groups in total. The highest BCUT2D eigenvalue weighted by Gasteiger charge is 2.27. The second-order valence-electron chi connectivity index (χ2n) is 3.61. The summed E-state index contributed by atoms with van der Waals surface area (Å²) >= 11 is 0. The Balaban J connectivity index is 2.40. The Morgan fingerprint density at radius 3 is 2.46 bits per heavy atom. The third kappa shape index (κ3) is 3.25. The minimum atomic E-state index is -2.76. The predicted molar refractivity (Wildman–Crippen MR) is 51.2 cm³/mol. The van der Waals surface area contributed by atoms with Gasteiger partial charge in [-0.2, -0.15) is 0 Å². The Bertz CT molecular complexity index is 236. The second-order valence-corrected chi connectivity index (χ2v) is 5.91. The van der Waals surface area contributed by atoms with Gasteiger partial charge in [0.05, 0.1) is 18.1 Å². The van der Waals surface area contributed by atoms with Crippen molar-refractivity contribution < 1.29 is 13.2 Å². The van der Waals surface area contributed by atoms with Gasteiger partial charge in [0.25, 0.3) is 0 Å². The van der Waals surface area contributed by atoms with E-state index in [0.29, 0.717) is 25.4 Å². The van der Waals surface area contributed by atoms with Crippen molar-refractivity contribution in [1.29, 1.82) is 0 Å². The summed E-state index contributed by atoms with van der Waals surface area (Å²) in [6, 6.07) is -0.0134. The maximum absolute atomic E-state index is 11.1. The fourth-order valence-electron chi connectivity index (χ4n) is 1.66. The summed E-state index contributed by atoms with van der Waals surface area (Å²) in [5.74, 6) is 0.882. The molecule has 13 heavy (non-hydrogen) atoms. The lowest BCUT2D eigenvalue weighted by atomic mass is 9.95. The molecule has 0 bridgehead atoms. The van der Waals surface area contributed by atoms with Crippen molar-refractivity contribution in [3.8, 4) is 0 Å². The Labute approximate surface area is 79.4 Å². The van der Waals surface area contributed by atoms with E-state index in [1.165, 1.54) is 0 Å². The van der Waals surface area contributed by atoms with Crippen LogP contribution in [-0.4, -0.2) is 39.7 Å². The first-order chi connectivity index (χ1) is 6.05. The van der Waals surface area contributed by atoms with Gasteiger partial charge in [-0.15, -0.1) is 0 Å². The SMILES string of the molecule is COCC(N)C1CCS(=O)(=O)CC1. The van der Waals surface area contributed by atoms with E-state index >= 15 is 0 Å². The van der Waals surface area contributed by atoms with E-state index in [0.717, 1.165) is 0 Å². The molecule has 0 aliphatic carbocycles. The smallest absolute Gasteiger partial charge is 0.150 e. The van der Waals surface area contributed by atoms with Crippen LogP contribution in [0.15, 0.2) is 0 Å². The average Bonchev–Trinajstić information content (AvgIpc) is 2.04. The van der Waals surface area contributed by atoms with E-state index in [-0.39, 0.29) is 17.5 Å². The van der Waals surface area contributed by atoms with Crippen LogP contribution in [0.2, 0.25) is 0 Å². The molecule has 1 rings (SSSR count). The first-order valence-corrected chi connectivity index (χ1v) is 6.32. The highest BCUT2D eigenvalue weighted by atomic mass is 32.2. The molecule has 0 aromatic rings. The van der Waals surface area contributed by atoms with Crippen LogP contribution in [0, 0.1) is 5.92 Å². The molecule has 1 heterocycles. The summed E-state index contributed by atoms with van der Waals surface area (Å²) in [7, 11) is -1.15. The van der Waals surface area contributed by atoms with Crippen LogP contribution in [0.3, 0.4) is 0 Å². The summed E-state index contributed by atoms with van der Waals surface area (Å²) < 4.78 is 27.1. The molecule has 0 amide bonds. The van der Waals surface area contributed by atoms with Crippen LogP contribution >= 0.6 is 0 Å². The predicted octanol–water partition coefficient (Wildman–Crippen LogP) is -0.215. The molecule has 0 spiro atoms. The summed E-state index contributed by atoms with van der Waals surface area (Å²) in [6.45, 7) is 0.519. The number of hydrogen-bond donors (Lipinski definition) is 1. The minimum absolute atomic E-state index is 0.0134. The van der Waals surface area contributed by atoms with E-state index in [1.54, 1.807) is 7.11 Å². The van der Waals surface area contributed by atoms with Gasteiger partial charge < -0.3 is 10.5 Å². The highest BCUT2D eigenvalue weighted by Crippen LogP contribution is 2.21. The van der Waals surface area contributed by atoms with Crippen molar-refractivity contribution >= 4 is 9.84 Å². The Hall–Kier alpha value is -0.130. The maximum atomic E-state index is 11.1. The van der Waals surface area contributed by atoms with Crippen molar-refractivity contribution in [2.45, 2.75) is 18.9 Å². The van der Waals surface area contributed by atoms with Crippen LogP contribution in [0.4, 0.5) is 0 Å². The van der Waals surface area contributed by atoms with Crippen molar-refractivity contribution in [3.63, 3.8) is 0 Å². The Morgan fingerprint density at radius 2 is 2.00 bits per heavy atom. The maximum Gasteiger partial charge on any atom is 0.150 e. The lowest BCUT2D eigenvalue weighted by Gasteiger charge is -2.26. The number of ether oxygens (including phenoxy) is 1. The Morgan fingerprint density at radius 1 is 1.46 bits per heavy atom. The third-order valence-electron chi connectivity index (χ3n) is 2.56. The zero-order valence-corrected chi connectivity index (χ0v) is 8.72. The van der Waals surface area contributed by atoms with Gasteiger partial charge in [-0.25, -0.2) is 8.42 Å². The molecule has 1 aliphatic heterocycles. The van der Waals surface area contributed by atoms with Crippen molar-refractivity contribution in [2.24, 2.45) is 11.7 Å². The zero-order valence-electron chi connectivity index (χ0n) is 7.90. The largest absolute Gasteiger partial charge is 0.383 e. The first kappa shape index (κ1) is 10.9. The molecule has 1 atom stereocenters. The Kier molecular flexibility index (Phi) is 3.70. The number of hydrogen-bond acceptors (Lipinski definition) is 4. The molecule has 0 aromatic heterocycles.